The van der Waals surface area contributed by atoms with E-state index in [0.29, 0.717) is 16.0 Å². The van der Waals surface area contributed by atoms with Crippen molar-refractivity contribution in [2.75, 3.05) is 13.7 Å². The molecule has 1 amide bonds. The molecule has 0 bridgehead atoms. The van der Waals surface area contributed by atoms with Crippen LogP contribution in [0.25, 0.3) is 20.8 Å². The topological polar surface area (TPSA) is 74.4 Å². The molecule has 5 nitrogen and oxygen atoms in total. The van der Waals surface area contributed by atoms with Crippen LogP contribution >= 0.6 is 27.3 Å². The van der Waals surface area contributed by atoms with Gasteiger partial charge in [-0.3, -0.25) is 4.79 Å². The number of amides is 1. The summed E-state index contributed by atoms with van der Waals surface area (Å²) in [5.41, 5.74) is 6.98. The van der Waals surface area contributed by atoms with Gasteiger partial charge in [-0.25, -0.2) is 4.98 Å². The number of halogens is 1. The van der Waals surface area contributed by atoms with Gasteiger partial charge in [-0.2, -0.15) is 0 Å². The fraction of sp³-hybridized carbons (Fsp3) is 0.125. The first kappa shape index (κ1) is 15.8. The summed E-state index contributed by atoms with van der Waals surface area (Å²) in [6.07, 6.45) is 0. The predicted octanol–water partition coefficient (Wildman–Crippen LogP) is 3.60. The lowest BCUT2D eigenvalue weighted by Gasteiger charge is -2.12. The second-order valence-corrected chi connectivity index (χ2v) is 6.62. The van der Waals surface area contributed by atoms with Crippen LogP contribution in [0.5, 0.6) is 11.5 Å². The highest BCUT2D eigenvalue weighted by molar-refractivity contribution is 9.10. The lowest BCUT2D eigenvalue weighted by atomic mass is 10.2. The van der Waals surface area contributed by atoms with Crippen LogP contribution in [0, 0.1) is 0 Å². The number of nitrogens with zero attached hydrogens (tertiary/aromatic N) is 1. The Labute approximate surface area is 145 Å². The normalized spacial score (nSPS) is 10.7. The van der Waals surface area contributed by atoms with Crippen LogP contribution in [-0.2, 0) is 4.79 Å². The number of fused-ring (bicyclic) bond motifs is 1. The molecule has 0 saturated carbocycles. The smallest absolute Gasteiger partial charge is 0.255 e. The zero-order chi connectivity index (χ0) is 16.4. The molecule has 0 aliphatic heterocycles. The maximum atomic E-state index is 10.9. The highest BCUT2D eigenvalue weighted by Crippen LogP contribution is 2.41. The van der Waals surface area contributed by atoms with Crippen LogP contribution in [0.3, 0.4) is 0 Å². The fourth-order valence-corrected chi connectivity index (χ4v) is 3.63. The Kier molecular flexibility index (Phi) is 4.49. The van der Waals surface area contributed by atoms with Gasteiger partial charge in [0.2, 0.25) is 0 Å². The average Bonchev–Trinajstić information content (AvgIpc) is 2.96. The highest BCUT2D eigenvalue weighted by Gasteiger charge is 2.15. The van der Waals surface area contributed by atoms with Crippen LogP contribution < -0.4 is 15.2 Å². The molecule has 118 valence electrons. The van der Waals surface area contributed by atoms with Crippen LogP contribution in [0.15, 0.2) is 40.9 Å². The third kappa shape index (κ3) is 3.30. The maximum Gasteiger partial charge on any atom is 0.255 e. The van der Waals surface area contributed by atoms with E-state index in [1.807, 2.05) is 36.4 Å². The van der Waals surface area contributed by atoms with E-state index in [2.05, 4.69) is 20.9 Å². The molecule has 0 aliphatic carbocycles. The van der Waals surface area contributed by atoms with Crippen molar-refractivity contribution in [1.29, 1.82) is 0 Å². The molecule has 1 heterocycles. The minimum Gasteiger partial charge on any atom is -0.493 e. The summed E-state index contributed by atoms with van der Waals surface area (Å²) in [4.78, 5) is 15.5. The van der Waals surface area contributed by atoms with Gasteiger partial charge in [0, 0.05) is 5.56 Å². The van der Waals surface area contributed by atoms with Crippen molar-refractivity contribution < 1.29 is 14.3 Å². The summed E-state index contributed by atoms with van der Waals surface area (Å²) in [6.45, 7) is -0.213. The SMILES string of the molecule is COc1cc(-c2nc3ccccc3s2)cc(Br)c1OCC(N)=O. The Morgan fingerprint density at radius 3 is 2.83 bits per heavy atom. The highest BCUT2D eigenvalue weighted by atomic mass is 79.9. The molecule has 2 N–H and O–H groups in total. The zero-order valence-electron chi connectivity index (χ0n) is 12.2. The maximum absolute atomic E-state index is 10.9. The number of hydrogen-bond donors (Lipinski definition) is 1. The molecule has 0 fully saturated rings. The Bertz CT molecular complexity index is 846. The molecule has 0 radical (unpaired) electrons. The zero-order valence-corrected chi connectivity index (χ0v) is 14.6. The number of carbonyl (C=O) groups is 1. The second-order valence-electron chi connectivity index (χ2n) is 4.73. The minimum atomic E-state index is -0.547. The number of aromatic nitrogens is 1. The summed E-state index contributed by atoms with van der Waals surface area (Å²) in [7, 11) is 1.54. The summed E-state index contributed by atoms with van der Waals surface area (Å²) in [5, 5.41) is 0.881. The molecule has 0 saturated heterocycles. The first-order valence-electron chi connectivity index (χ1n) is 6.73. The van der Waals surface area contributed by atoms with Gasteiger partial charge in [-0.05, 0) is 40.2 Å². The molecule has 7 heteroatoms. The number of nitrogens with two attached hydrogens (primary N) is 1. The molecule has 0 spiro atoms. The standard InChI is InChI=1S/C16H13BrN2O3S/c1-21-12-7-9(6-10(17)15(12)22-8-14(18)20)16-19-11-4-2-3-5-13(11)23-16/h2-7H,8H2,1H3,(H2,18,20). The van der Waals surface area contributed by atoms with Gasteiger partial charge < -0.3 is 15.2 Å². The van der Waals surface area contributed by atoms with Crippen molar-refractivity contribution in [1.82, 2.24) is 4.98 Å². The number of thiazole rings is 1. The van der Waals surface area contributed by atoms with Crippen molar-refractivity contribution in [3.63, 3.8) is 0 Å². The fourth-order valence-electron chi connectivity index (χ4n) is 2.12. The monoisotopic (exact) mass is 392 g/mol. The van der Waals surface area contributed by atoms with Gasteiger partial charge in [-0.1, -0.05) is 12.1 Å². The minimum absolute atomic E-state index is 0.213. The lowest BCUT2D eigenvalue weighted by molar-refractivity contribution is -0.119. The quantitative estimate of drug-likeness (QED) is 0.719. The Hall–Kier alpha value is -2.12. The summed E-state index contributed by atoms with van der Waals surface area (Å²) in [5.74, 6) is 0.403. The molecule has 3 aromatic rings. The van der Waals surface area contributed by atoms with E-state index in [1.165, 1.54) is 0 Å². The van der Waals surface area contributed by atoms with Gasteiger partial charge in [-0.15, -0.1) is 11.3 Å². The summed E-state index contributed by atoms with van der Waals surface area (Å²) >= 11 is 5.05. The van der Waals surface area contributed by atoms with Gasteiger partial charge >= 0.3 is 0 Å². The molecule has 0 aliphatic rings. The third-order valence-electron chi connectivity index (χ3n) is 3.13. The number of carbonyl (C=O) groups excluding carboxylic acids is 1. The predicted molar refractivity (Wildman–Crippen MR) is 94.0 cm³/mol. The number of primary amides is 1. The van der Waals surface area contributed by atoms with Crippen molar-refractivity contribution in [2.24, 2.45) is 5.73 Å². The van der Waals surface area contributed by atoms with Gasteiger partial charge in [0.15, 0.2) is 18.1 Å². The Balaban J connectivity index is 2.03. The van der Waals surface area contributed by atoms with Crippen molar-refractivity contribution >= 4 is 43.4 Å². The number of ether oxygens (including phenoxy) is 2. The van der Waals surface area contributed by atoms with E-state index in [0.717, 1.165) is 20.8 Å². The molecule has 3 rings (SSSR count). The van der Waals surface area contributed by atoms with E-state index in [-0.39, 0.29) is 6.61 Å². The molecular weight excluding hydrogens is 380 g/mol. The van der Waals surface area contributed by atoms with Crippen molar-refractivity contribution in [2.45, 2.75) is 0 Å². The summed E-state index contributed by atoms with van der Waals surface area (Å²) < 4.78 is 12.6. The van der Waals surface area contributed by atoms with Crippen LogP contribution in [0.2, 0.25) is 0 Å². The molecule has 2 aromatic carbocycles. The number of methoxy groups -OCH3 is 1. The van der Waals surface area contributed by atoms with E-state index < -0.39 is 5.91 Å². The van der Waals surface area contributed by atoms with Gasteiger partial charge in [0.25, 0.3) is 5.91 Å². The van der Waals surface area contributed by atoms with E-state index in [9.17, 15) is 4.79 Å². The summed E-state index contributed by atoms with van der Waals surface area (Å²) in [6, 6.07) is 11.7. The van der Waals surface area contributed by atoms with Crippen LogP contribution in [0.1, 0.15) is 0 Å². The number of rotatable bonds is 5. The van der Waals surface area contributed by atoms with Crippen LogP contribution in [0.4, 0.5) is 0 Å². The van der Waals surface area contributed by atoms with Gasteiger partial charge in [0.05, 0.1) is 21.8 Å². The average molecular weight is 393 g/mol. The molecule has 0 atom stereocenters. The molecular formula is C16H13BrN2O3S. The van der Waals surface area contributed by atoms with Crippen molar-refractivity contribution in [3.8, 4) is 22.1 Å². The lowest BCUT2D eigenvalue weighted by Crippen LogP contribution is -2.20. The van der Waals surface area contributed by atoms with Crippen molar-refractivity contribution in [3.05, 3.63) is 40.9 Å². The van der Waals surface area contributed by atoms with E-state index in [1.54, 1.807) is 18.4 Å². The first-order valence-corrected chi connectivity index (χ1v) is 8.34. The molecule has 23 heavy (non-hydrogen) atoms. The van der Waals surface area contributed by atoms with Crippen LogP contribution in [-0.4, -0.2) is 24.6 Å². The Morgan fingerprint density at radius 1 is 1.35 bits per heavy atom. The Morgan fingerprint density at radius 2 is 2.13 bits per heavy atom. The third-order valence-corrected chi connectivity index (χ3v) is 4.80. The molecule has 1 aromatic heterocycles. The molecule has 0 unspecified atom stereocenters. The van der Waals surface area contributed by atoms with Gasteiger partial charge in [0.1, 0.15) is 5.01 Å². The van der Waals surface area contributed by atoms with E-state index >= 15 is 0 Å². The number of benzene rings is 2. The largest absolute Gasteiger partial charge is 0.493 e. The number of para-hydroxylation sites is 1. The number of hydrogen-bond acceptors (Lipinski definition) is 5. The van der Waals surface area contributed by atoms with E-state index in [4.69, 9.17) is 15.2 Å². The first-order chi connectivity index (χ1) is 11.1. The second kappa shape index (κ2) is 6.55.